The summed E-state index contributed by atoms with van der Waals surface area (Å²) < 4.78 is 4.88. The fourth-order valence-electron chi connectivity index (χ4n) is 2.58. The lowest BCUT2D eigenvalue weighted by Crippen LogP contribution is -2.14. The second-order valence-electron chi connectivity index (χ2n) is 5.87. The number of rotatable bonds is 14. The molecule has 119 valence electrons. The zero-order valence-corrected chi connectivity index (χ0v) is 13.6. The van der Waals surface area contributed by atoms with Gasteiger partial charge in [0.15, 0.2) is 0 Å². The van der Waals surface area contributed by atoms with Crippen molar-refractivity contribution in [2.24, 2.45) is 5.92 Å². The van der Waals surface area contributed by atoms with E-state index >= 15 is 0 Å². The molecule has 1 unspecified atom stereocenters. The summed E-state index contributed by atoms with van der Waals surface area (Å²) in [5.41, 5.74) is 6.84. The highest BCUT2D eigenvalue weighted by atomic mass is 16.5. The van der Waals surface area contributed by atoms with E-state index in [0.29, 0.717) is 12.5 Å². The number of amides is 1. The molecule has 0 aromatic carbocycles. The fourth-order valence-corrected chi connectivity index (χ4v) is 2.58. The van der Waals surface area contributed by atoms with Gasteiger partial charge in [-0.3, -0.25) is 0 Å². The van der Waals surface area contributed by atoms with Crippen molar-refractivity contribution >= 4 is 6.09 Å². The topological polar surface area (TPSA) is 50.1 Å². The fraction of sp³-hybridized carbons (Fsp3) is 0.941. The zero-order chi connectivity index (χ0) is 15.1. The molecule has 20 heavy (non-hydrogen) atoms. The molecule has 1 N–H and O–H groups in total. The molecule has 0 rings (SSSR count). The molecule has 0 aromatic rings. The minimum absolute atomic E-state index is 0.448. The van der Waals surface area contributed by atoms with E-state index in [1.54, 1.807) is 0 Å². The van der Waals surface area contributed by atoms with Crippen molar-refractivity contribution in [2.45, 2.75) is 90.9 Å². The summed E-state index contributed by atoms with van der Waals surface area (Å²) in [6, 6.07) is 0. The van der Waals surface area contributed by atoms with Crippen molar-refractivity contribution in [3.8, 4) is 0 Å². The van der Waals surface area contributed by atoms with Gasteiger partial charge in [-0.2, -0.15) is 0 Å². The summed E-state index contributed by atoms with van der Waals surface area (Å²) in [7, 11) is 0. The molecule has 3 nitrogen and oxygen atoms in total. The van der Waals surface area contributed by atoms with E-state index in [9.17, 15) is 4.79 Å². The number of hydrogen-bond acceptors (Lipinski definition) is 2. The lowest BCUT2D eigenvalue weighted by molar-refractivity contribution is 0.128. The summed E-state index contributed by atoms with van der Waals surface area (Å²) >= 11 is 0. The molecule has 0 saturated heterocycles. The van der Waals surface area contributed by atoms with Crippen LogP contribution in [-0.4, -0.2) is 12.7 Å². The number of carbonyl (C=O) groups excluding carboxylic acids is 1. The van der Waals surface area contributed by atoms with E-state index in [0.717, 1.165) is 12.8 Å². The zero-order valence-electron chi connectivity index (χ0n) is 13.6. The van der Waals surface area contributed by atoms with Gasteiger partial charge in [0.05, 0.1) is 6.61 Å². The average Bonchev–Trinajstić information content (AvgIpc) is 2.43. The van der Waals surface area contributed by atoms with Crippen LogP contribution in [0.2, 0.25) is 0 Å². The maximum absolute atomic E-state index is 10.6. The summed E-state index contributed by atoms with van der Waals surface area (Å²) in [6.07, 6.45) is 14.3. The molecule has 0 aliphatic carbocycles. The standard InChI is InChI=1S/C17H34NO2/c1-3-5-7-9-10-12-14-16(15-20-17(18)19)13-11-8-6-4-2/h16,18H,3-15H2,1-2H3. The summed E-state index contributed by atoms with van der Waals surface area (Å²) in [4.78, 5) is 10.6. The van der Waals surface area contributed by atoms with Crippen LogP contribution in [0.15, 0.2) is 0 Å². The Labute approximate surface area is 125 Å². The third-order valence-corrected chi connectivity index (χ3v) is 3.88. The number of ether oxygens (including phenoxy) is 1. The van der Waals surface area contributed by atoms with E-state index in [1.165, 1.54) is 64.2 Å². The van der Waals surface area contributed by atoms with Gasteiger partial charge in [0, 0.05) is 0 Å². The molecule has 0 bridgehead atoms. The summed E-state index contributed by atoms with van der Waals surface area (Å²) in [6.45, 7) is 4.90. The molecule has 1 atom stereocenters. The molecule has 1 amide bonds. The van der Waals surface area contributed by atoms with Gasteiger partial charge in [-0.15, -0.1) is 0 Å². The van der Waals surface area contributed by atoms with Gasteiger partial charge in [-0.25, -0.2) is 10.5 Å². The highest BCUT2D eigenvalue weighted by Gasteiger charge is 2.10. The lowest BCUT2D eigenvalue weighted by atomic mass is 9.95. The average molecular weight is 284 g/mol. The quantitative estimate of drug-likeness (QED) is 0.382. The Kier molecular flexibility index (Phi) is 14.1. The van der Waals surface area contributed by atoms with E-state index in [-0.39, 0.29) is 0 Å². The SMILES string of the molecule is CCCCCCCCC(CCCCCC)COC([NH])=O. The van der Waals surface area contributed by atoms with Crippen LogP contribution in [0.1, 0.15) is 90.9 Å². The van der Waals surface area contributed by atoms with Crippen molar-refractivity contribution in [2.75, 3.05) is 6.61 Å². The molecule has 0 fully saturated rings. The van der Waals surface area contributed by atoms with Crippen LogP contribution in [0.3, 0.4) is 0 Å². The third kappa shape index (κ3) is 13.7. The third-order valence-electron chi connectivity index (χ3n) is 3.88. The molecule has 1 radical (unpaired) electrons. The smallest absolute Gasteiger partial charge is 0.426 e. The number of hydrogen-bond donors (Lipinski definition) is 0. The van der Waals surface area contributed by atoms with Crippen LogP contribution in [0.5, 0.6) is 0 Å². The predicted octanol–water partition coefficient (Wildman–Crippen LogP) is 5.74. The van der Waals surface area contributed by atoms with Gasteiger partial charge in [0.25, 0.3) is 0 Å². The van der Waals surface area contributed by atoms with Crippen LogP contribution in [0, 0.1) is 5.92 Å². The first kappa shape index (κ1) is 19.3. The highest BCUT2D eigenvalue weighted by molar-refractivity contribution is 5.63. The number of nitrogens with one attached hydrogen (secondary N) is 1. The Morgan fingerprint density at radius 1 is 0.850 bits per heavy atom. The van der Waals surface area contributed by atoms with Gasteiger partial charge < -0.3 is 4.74 Å². The number of unbranched alkanes of at least 4 members (excludes halogenated alkanes) is 8. The van der Waals surface area contributed by atoms with Gasteiger partial charge in [0.1, 0.15) is 0 Å². The molecule has 0 aromatic heterocycles. The molecular formula is C17H34NO2. The largest absolute Gasteiger partial charge is 0.448 e. The van der Waals surface area contributed by atoms with Crippen molar-refractivity contribution in [1.29, 1.82) is 0 Å². The first-order valence-electron chi connectivity index (χ1n) is 8.59. The highest BCUT2D eigenvalue weighted by Crippen LogP contribution is 2.19. The van der Waals surface area contributed by atoms with E-state index in [1.807, 2.05) is 0 Å². The number of carbonyl (C=O) groups is 1. The van der Waals surface area contributed by atoms with Gasteiger partial charge >= 0.3 is 6.09 Å². The van der Waals surface area contributed by atoms with Crippen LogP contribution < -0.4 is 5.73 Å². The van der Waals surface area contributed by atoms with E-state index in [2.05, 4.69) is 13.8 Å². The molecule has 0 aliphatic heterocycles. The van der Waals surface area contributed by atoms with Crippen LogP contribution in [0.25, 0.3) is 0 Å². The van der Waals surface area contributed by atoms with E-state index < -0.39 is 6.09 Å². The van der Waals surface area contributed by atoms with Crippen molar-refractivity contribution in [1.82, 2.24) is 5.73 Å². The molecule has 0 saturated carbocycles. The van der Waals surface area contributed by atoms with Crippen molar-refractivity contribution in [3.05, 3.63) is 0 Å². The summed E-state index contributed by atoms with van der Waals surface area (Å²) in [5.74, 6) is 0.465. The monoisotopic (exact) mass is 284 g/mol. The second-order valence-corrected chi connectivity index (χ2v) is 5.87. The molecular weight excluding hydrogens is 250 g/mol. The first-order chi connectivity index (χ1) is 9.70. The van der Waals surface area contributed by atoms with Crippen LogP contribution in [0.4, 0.5) is 4.79 Å². The Balaban J connectivity index is 3.71. The molecule has 0 aliphatic rings. The van der Waals surface area contributed by atoms with E-state index in [4.69, 9.17) is 10.5 Å². The minimum atomic E-state index is -0.883. The van der Waals surface area contributed by atoms with Gasteiger partial charge in [-0.1, -0.05) is 78.1 Å². The first-order valence-corrected chi connectivity index (χ1v) is 8.59. The van der Waals surface area contributed by atoms with Gasteiger partial charge in [0.2, 0.25) is 0 Å². The van der Waals surface area contributed by atoms with Crippen molar-refractivity contribution < 1.29 is 9.53 Å². The molecule has 3 heteroatoms. The van der Waals surface area contributed by atoms with Crippen molar-refractivity contribution in [3.63, 3.8) is 0 Å². The molecule has 0 heterocycles. The lowest BCUT2D eigenvalue weighted by Gasteiger charge is -2.16. The molecule has 0 spiro atoms. The predicted molar refractivity (Wildman–Crippen MR) is 84.7 cm³/mol. The second kappa shape index (κ2) is 14.7. The Morgan fingerprint density at radius 3 is 1.80 bits per heavy atom. The maximum Gasteiger partial charge on any atom is 0.426 e. The minimum Gasteiger partial charge on any atom is -0.448 e. The summed E-state index contributed by atoms with van der Waals surface area (Å²) in [5, 5.41) is 0. The Hall–Kier alpha value is -0.730. The Morgan fingerprint density at radius 2 is 1.30 bits per heavy atom. The van der Waals surface area contributed by atoms with Gasteiger partial charge in [-0.05, 0) is 18.8 Å². The Bertz CT molecular complexity index is 219. The normalized spacial score (nSPS) is 12.3. The van der Waals surface area contributed by atoms with Crippen LogP contribution >= 0.6 is 0 Å². The van der Waals surface area contributed by atoms with Crippen LogP contribution in [-0.2, 0) is 4.74 Å². The maximum atomic E-state index is 10.6.